The molecule has 5 nitrogen and oxygen atoms in total. The first kappa shape index (κ1) is 15.8. The predicted octanol–water partition coefficient (Wildman–Crippen LogP) is 5.15. The molecule has 0 atom stereocenters. The number of pyridine rings is 1. The Kier molecular flexibility index (Phi) is 3.70. The van der Waals surface area contributed by atoms with E-state index in [2.05, 4.69) is 21.4 Å². The van der Waals surface area contributed by atoms with Gasteiger partial charge in [0, 0.05) is 21.5 Å². The third-order valence-electron chi connectivity index (χ3n) is 4.00. The van der Waals surface area contributed by atoms with Crippen molar-refractivity contribution in [2.45, 2.75) is 10.2 Å². The van der Waals surface area contributed by atoms with E-state index in [9.17, 15) is 0 Å². The molecule has 0 saturated carbocycles. The zero-order chi connectivity index (χ0) is 17.7. The first-order chi connectivity index (χ1) is 12.7. The van der Waals surface area contributed by atoms with Crippen LogP contribution in [0.25, 0.3) is 22.3 Å². The average molecular weight is 398 g/mol. The summed E-state index contributed by atoms with van der Waals surface area (Å²) in [4.78, 5) is 4.73. The van der Waals surface area contributed by atoms with Crippen LogP contribution in [-0.2, 0) is 0 Å². The van der Waals surface area contributed by atoms with Gasteiger partial charge in [-0.3, -0.25) is 0 Å². The van der Waals surface area contributed by atoms with Gasteiger partial charge in [-0.15, -0.1) is 10.2 Å². The first-order valence-electron chi connectivity index (χ1n) is 7.72. The molecule has 0 radical (unpaired) electrons. The Hall–Kier alpha value is -2.41. The minimum Gasteiger partial charge on any atom is -0.240 e. The Bertz CT molecular complexity index is 1200. The number of fused-ring (bicyclic) bond motifs is 3. The van der Waals surface area contributed by atoms with Gasteiger partial charge in [0.05, 0.1) is 16.8 Å². The topological polar surface area (TPSA) is 56.0 Å². The van der Waals surface area contributed by atoms with Crippen LogP contribution in [-0.4, -0.2) is 26.1 Å². The summed E-state index contributed by atoms with van der Waals surface area (Å²) in [5.41, 5.74) is 2.59. The molecule has 2 aromatic heterocycles. The van der Waals surface area contributed by atoms with Crippen molar-refractivity contribution < 1.29 is 0 Å². The molecule has 1 aliphatic heterocycles. The van der Waals surface area contributed by atoms with E-state index < -0.39 is 0 Å². The predicted molar refractivity (Wildman–Crippen MR) is 104 cm³/mol. The quantitative estimate of drug-likeness (QED) is 0.392. The van der Waals surface area contributed by atoms with Crippen LogP contribution in [0.1, 0.15) is 5.56 Å². The second-order valence-electron chi connectivity index (χ2n) is 5.66. The lowest BCUT2D eigenvalue weighted by Gasteiger charge is -2.04. The highest BCUT2D eigenvalue weighted by molar-refractivity contribution is 7.99. The molecule has 1 aliphatic rings. The van der Waals surface area contributed by atoms with Gasteiger partial charge in [0.1, 0.15) is 5.03 Å². The van der Waals surface area contributed by atoms with Gasteiger partial charge in [-0.2, -0.15) is 9.78 Å². The number of nitrogens with zero attached hydrogens (tertiary/aromatic N) is 5. The van der Waals surface area contributed by atoms with Crippen molar-refractivity contribution in [2.75, 3.05) is 0 Å². The SMILES string of the molecule is Clc1ccc(-c2nnc3n2N=Cc2cc4ccccc4nc2S3)c(Cl)c1. The summed E-state index contributed by atoms with van der Waals surface area (Å²) >= 11 is 13.7. The van der Waals surface area contributed by atoms with Crippen molar-refractivity contribution in [3.05, 3.63) is 64.1 Å². The number of benzene rings is 2. The van der Waals surface area contributed by atoms with Gasteiger partial charge in [-0.1, -0.05) is 41.4 Å². The Morgan fingerprint density at radius 3 is 2.73 bits per heavy atom. The molecule has 26 heavy (non-hydrogen) atoms. The molecule has 2 aromatic carbocycles. The summed E-state index contributed by atoms with van der Waals surface area (Å²) in [6.07, 6.45) is 1.77. The Morgan fingerprint density at radius 2 is 1.85 bits per heavy atom. The zero-order valence-electron chi connectivity index (χ0n) is 13.1. The monoisotopic (exact) mass is 397 g/mol. The number of aromatic nitrogens is 4. The Morgan fingerprint density at radius 1 is 0.962 bits per heavy atom. The van der Waals surface area contributed by atoms with E-state index in [1.807, 2.05) is 30.3 Å². The van der Waals surface area contributed by atoms with Gasteiger partial charge in [-0.25, -0.2) is 4.98 Å². The number of hydrogen-bond acceptors (Lipinski definition) is 5. The number of hydrogen-bond donors (Lipinski definition) is 0. The molecule has 4 aromatic rings. The normalized spacial score (nSPS) is 12.7. The standard InChI is InChI=1S/C18H9Cl2N5S/c19-12-5-6-13(14(20)8-12)16-23-24-18-25(16)21-9-11-7-10-3-1-2-4-15(10)22-17(11)26-18/h1-9H. The molecule has 0 spiro atoms. The lowest BCUT2D eigenvalue weighted by molar-refractivity contribution is 0.775. The van der Waals surface area contributed by atoms with Crippen LogP contribution in [0.2, 0.25) is 10.0 Å². The van der Waals surface area contributed by atoms with Crippen LogP contribution in [0.5, 0.6) is 0 Å². The van der Waals surface area contributed by atoms with Gasteiger partial charge in [0.15, 0.2) is 5.82 Å². The van der Waals surface area contributed by atoms with Gasteiger partial charge in [0.2, 0.25) is 5.16 Å². The summed E-state index contributed by atoms with van der Waals surface area (Å²) in [5.74, 6) is 0.558. The van der Waals surface area contributed by atoms with Crippen LogP contribution in [0.3, 0.4) is 0 Å². The minimum atomic E-state index is 0.499. The fraction of sp³-hybridized carbons (Fsp3) is 0. The van der Waals surface area contributed by atoms with E-state index in [-0.39, 0.29) is 0 Å². The van der Waals surface area contributed by atoms with Gasteiger partial charge < -0.3 is 0 Å². The maximum Gasteiger partial charge on any atom is 0.218 e. The van der Waals surface area contributed by atoms with Crippen molar-refractivity contribution in [3.63, 3.8) is 0 Å². The molecule has 0 aliphatic carbocycles. The second kappa shape index (κ2) is 6.09. The van der Waals surface area contributed by atoms with Crippen LogP contribution in [0.4, 0.5) is 0 Å². The highest BCUT2D eigenvalue weighted by Crippen LogP contribution is 2.35. The summed E-state index contributed by atoms with van der Waals surface area (Å²) in [7, 11) is 0. The highest BCUT2D eigenvalue weighted by Gasteiger charge is 2.21. The molecule has 8 heteroatoms. The van der Waals surface area contributed by atoms with E-state index in [1.165, 1.54) is 11.8 Å². The maximum absolute atomic E-state index is 6.33. The molecular formula is C18H9Cl2N5S. The van der Waals surface area contributed by atoms with E-state index >= 15 is 0 Å². The molecule has 0 fully saturated rings. The fourth-order valence-electron chi connectivity index (χ4n) is 2.77. The Labute approximate surface area is 162 Å². The van der Waals surface area contributed by atoms with Crippen molar-refractivity contribution in [1.82, 2.24) is 19.9 Å². The molecule has 0 unspecified atom stereocenters. The zero-order valence-corrected chi connectivity index (χ0v) is 15.4. The van der Waals surface area contributed by atoms with Crippen LogP contribution < -0.4 is 0 Å². The van der Waals surface area contributed by atoms with Gasteiger partial charge in [0.25, 0.3) is 0 Å². The molecule has 0 bridgehead atoms. The average Bonchev–Trinajstić information content (AvgIpc) is 2.93. The molecule has 0 N–H and O–H groups in total. The largest absolute Gasteiger partial charge is 0.240 e. The highest BCUT2D eigenvalue weighted by atomic mass is 35.5. The third-order valence-corrected chi connectivity index (χ3v) is 5.51. The fourth-order valence-corrected chi connectivity index (χ4v) is 4.11. The summed E-state index contributed by atoms with van der Waals surface area (Å²) in [6, 6.07) is 15.3. The summed E-state index contributed by atoms with van der Waals surface area (Å²) < 4.78 is 1.67. The van der Waals surface area contributed by atoms with Crippen LogP contribution >= 0.6 is 35.0 Å². The molecule has 5 rings (SSSR count). The van der Waals surface area contributed by atoms with Crippen molar-refractivity contribution in [1.29, 1.82) is 0 Å². The van der Waals surface area contributed by atoms with Crippen molar-refractivity contribution in [3.8, 4) is 11.4 Å². The van der Waals surface area contributed by atoms with E-state index in [4.69, 9.17) is 28.2 Å². The summed E-state index contributed by atoms with van der Waals surface area (Å²) in [6.45, 7) is 0. The molecule has 3 heterocycles. The molecule has 0 amide bonds. The van der Waals surface area contributed by atoms with Crippen molar-refractivity contribution >= 4 is 52.1 Å². The second-order valence-corrected chi connectivity index (χ2v) is 7.46. The maximum atomic E-state index is 6.33. The smallest absolute Gasteiger partial charge is 0.218 e. The van der Waals surface area contributed by atoms with Gasteiger partial charge in [-0.05, 0) is 42.1 Å². The molecule has 126 valence electrons. The lowest BCUT2D eigenvalue weighted by Crippen LogP contribution is -1.95. The lowest BCUT2D eigenvalue weighted by atomic mass is 10.2. The van der Waals surface area contributed by atoms with Gasteiger partial charge >= 0.3 is 0 Å². The summed E-state index contributed by atoms with van der Waals surface area (Å²) in [5, 5.41) is 16.7. The minimum absolute atomic E-state index is 0.499. The first-order valence-corrected chi connectivity index (χ1v) is 9.29. The Balaban J connectivity index is 1.66. The van der Waals surface area contributed by atoms with E-state index in [0.717, 1.165) is 27.1 Å². The number of halogens is 2. The number of rotatable bonds is 1. The van der Waals surface area contributed by atoms with Crippen LogP contribution in [0, 0.1) is 0 Å². The van der Waals surface area contributed by atoms with Crippen LogP contribution in [0.15, 0.2) is 63.8 Å². The van der Waals surface area contributed by atoms with E-state index in [1.54, 1.807) is 23.0 Å². The molecule has 0 saturated heterocycles. The molecular weight excluding hydrogens is 389 g/mol. The van der Waals surface area contributed by atoms with Crippen molar-refractivity contribution in [2.24, 2.45) is 5.10 Å². The number of para-hydroxylation sites is 1. The van der Waals surface area contributed by atoms with E-state index in [0.29, 0.717) is 21.0 Å². The third kappa shape index (κ3) is 2.58.